The SMILES string of the molecule is CCN(c1ccccc1)c1cc(NCCCN(C)C)nc(C)n1. The van der Waals surface area contributed by atoms with Crippen molar-refractivity contribution in [3.63, 3.8) is 0 Å². The van der Waals surface area contributed by atoms with Gasteiger partial charge < -0.3 is 15.1 Å². The molecule has 1 heterocycles. The zero-order valence-corrected chi connectivity index (χ0v) is 14.6. The van der Waals surface area contributed by atoms with E-state index in [0.717, 1.165) is 49.2 Å². The van der Waals surface area contributed by atoms with Crippen LogP contribution in [0.3, 0.4) is 0 Å². The molecular formula is C18H27N5. The van der Waals surface area contributed by atoms with E-state index < -0.39 is 0 Å². The van der Waals surface area contributed by atoms with Crippen LogP contribution >= 0.6 is 0 Å². The number of rotatable bonds is 8. The van der Waals surface area contributed by atoms with Crippen LogP contribution in [0.4, 0.5) is 17.3 Å². The van der Waals surface area contributed by atoms with E-state index in [1.807, 2.05) is 31.2 Å². The largest absolute Gasteiger partial charge is 0.370 e. The van der Waals surface area contributed by atoms with Crippen molar-refractivity contribution in [3.05, 3.63) is 42.2 Å². The van der Waals surface area contributed by atoms with E-state index in [9.17, 15) is 0 Å². The first-order chi connectivity index (χ1) is 11.1. The highest BCUT2D eigenvalue weighted by molar-refractivity contribution is 5.62. The summed E-state index contributed by atoms with van der Waals surface area (Å²) in [4.78, 5) is 13.5. The van der Waals surface area contributed by atoms with Crippen LogP contribution in [0, 0.1) is 6.92 Å². The molecule has 23 heavy (non-hydrogen) atoms. The molecule has 1 N–H and O–H groups in total. The average Bonchev–Trinajstić information content (AvgIpc) is 2.53. The van der Waals surface area contributed by atoms with E-state index in [4.69, 9.17) is 0 Å². The third-order valence-electron chi connectivity index (χ3n) is 3.57. The van der Waals surface area contributed by atoms with Gasteiger partial charge in [-0.25, -0.2) is 9.97 Å². The molecular weight excluding hydrogens is 286 g/mol. The van der Waals surface area contributed by atoms with Crippen molar-refractivity contribution in [2.24, 2.45) is 0 Å². The number of hydrogen-bond donors (Lipinski definition) is 1. The molecule has 0 radical (unpaired) electrons. The van der Waals surface area contributed by atoms with Crippen LogP contribution in [0.25, 0.3) is 0 Å². The number of nitrogens with one attached hydrogen (secondary N) is 1. The molecule has 0 aliphatic carbocycles. The molecule has 5 heteroatoms. The molecule has 1 aromatic heterocycles. The number of nitrogens with zero attached hydrogens (tertiary/aromatic N) is 4. The maximum Gasteiger partial charge on any atom is 0.138 e. The number of hydrogen-bond acceptors (Lipinski definition) is 5. The summed E-state index contributed by atoms with van der Waals surface area (Å²) in [6.07, 6.45) is 1.08. The Balaban J connectivity index is 2.12. The van der Waals surface area contributed by atoms with Crippen LogP contribution in [0.15, 0.2) is 36.4 Å². The number of benzene rings is 1. The van der Waals surface area contributed by atoms with Gasteiger partial charge in [-0.1, -0.05) is 18.2 Å². The Bertz CT molecular complexity index is 598. The van der Waals surface area contributed by atoms with Crippen molar-refractivity contribution >= 4 is 17.3 Å². The van der Waals surface area contributed by atoms with Gasteiger partial charge in [0.2, 0.25) is 0 Å². The Morgan fingerprint density at radius 3 is 2.48 bits per heavy atom. The Labute approximate surface area is 139 Å². The van der Waals surface area contributed by atoms with Crippen LogP contribution in [-0.4, -0.2) is 48.6 Å². The fourth-order valence-electron chi connectivity index (χ4n) is 2.48. The Morgan fingerprint density at radius 1 is 1.09 bits per heavy atom. The summed E-state index contributed by atoms with van der Waals surface area (Å²) < 4.78 is 0. The number of para-hydroxylation sites is 1. The lowest BCUT2D eigenvalue weighted by Crippen LogP contribution is -2.19. The molecule has 0 saturated carbocycles. The standard InChI is InChI=1S/C18H27N5/c1-5-23(16-10-7-6-8-11-16)18-14-17(20-15(2)21-18)19-12-9-13-22(3)4/h6-8,10-11,14H,5,9,12-13H2,1-4H3,(H,19,20,21). The predicted octanol–water partition coefficient (Wildman–Crippen LogP) is 3.31. The molecule has 1 aromatic carbocycles. The number of aryl methyl sites for hydroxylation is 1. The highest BCUT2D eigenvalue weighted by Gasteiger charge is 2.10. The van der Waals surface area contributed by atoms with Gasteiger partial charge in [-0.15, -0.1) is 0 Å². The van der Waals surface area contributed by atoms with Crippen LogP contribution in [0.5, 0.6) is 0 Å². The van der Waals surface area contributed by atoms with Crippen molar-refractivity contribution in [2.75, 3.05) is 43.9 Å². The molecule has 0 aliphatic rings. The molecule has 0 aliphatic heterocycles. The fraction of sp³-hybridized carbons (Fsp3) is 0.444. The highest BCUT2D eigenvalue weighted by Crippen LogP contribution is 2.24. The molecule has 0 amide bonds. The van der Waals surface area contributed by atoms with Gasteiger partial charge in [-0.3, -0.25) is 0 Å². The van der Waals surface area contributed by atoms with E-state index in [1.165, 1.54) is 0 Å². The monoisotopic (exact) mass is 313 g/mol. The normalized spacial score (nSPS) is 10.8. The topological polar surface area (TPSA) is 44.3 Å². The zero-order chi connectivity index (χ0) is 16.7. The zero-order valence-electron chi connectivity index (χ0n) is 14.6. The van der Waals surface area contributed by atoms with Gasteiger partial charge in [0.1, 0.15) is 17.5 Å². The van der Waals surface area contributed by atoms with E-state index in [0.29, 0.717) is 0 Å². The maximum atomic E-state index is 4.60. The second kappa shape index (κ2) is 8.48. The molecule has 0 atom stereocenters. The average molecular weight is 313 g/mol. The van der Waals surface area contributed by atoms with Crippen molar-refractivity contribution in [2.45, 2.75) is 20.3 Å². The molecule has 5 nitrogen and oxygen atoms in total. The minimum Gasteiger partial charge on any atom is -0.370 e. The second-order valence-electron chi connectivity index (χ2n) is 5.82. The third kappa shape index (κ3) is 5.21. The molecule has 2 aromatic rings. The van der Waals surface area contributed by atoms with Crippen molar-refractivity contribution in [3.8, 4) is 0 Å². The van der Waals surface area contributed by atoms with Crippen molar-refractivity contribution in [1.82, 2.24) is 14.9 Å². The first kappa shape index (κ1) is 17.2. The van der Waals surface area contributed by atoms with Gasteiger partial charge in [0.25, 0.3) is 0 Å². The first-order valence-electron chi connectivity index (χ1n) is 8.17. The molecule has 0 fully saturated rings. The minimum atomic E-state index is 0.784. The summed E-state index contributed by atoms with van der Waals surface area (Å²) in [5, 5.41) is 3.41. The molecule has 0 unspecified atom stereocenters. The van der Waals surface area contributed by atoms with E-state index in [2.05, 4.69) is 58.2 Å². The minimum absolute atomic E-state index is 0.784. The van der Waals surface area contributed by atoms with Gasteiger partial charge in [-0.2, -0.15) is 0 Å². The number of aromatic nitrogens is 2. The lowest BCUT2D eigenvalue weighted by atomic mass is 10.3. The summed E-state index contributed by atoms with van der Waals surface area (Å²) in [5.41, 5.74) is 1.15. The van der Waals surface area contributed by atoms with E-state index in [-0.39, 0.29) is 0 Å². The van der Waals surface area contributed by atoms with Gasteiger partial charge in [0, 0.05) is 24.8 Å². The fourth-order valence-corrected chi connectivity index (χ4v) is 2.48. The number of anilines is 3. The van der Waals surface area contributed by atoms with Crippen LogP contribution < -0.4 is 10.2 Å². The summed E-state index contributed by atoms with van der Waals surface area (Å²) in [6.45, 7) is 6.91. The molecule has 124 valence electrons. The van der Waals surface area contributed by atoms with Crippen molar-refractivity contribution in [1.29, 1.82) is 0 Å². The summed E-state index contributed by atoms with van der Waals surface area (Å²) in [7, 11) is 4.18. The Hall–Kier alpha value is -2.14. The van der Waals surface area contributed by atoms with Crippen LogP contribution in [-0.2, 0) is 0 Å². The summed E-state index contributed by atoms with van der Waals surface area (Å²) in [6, 6.07) is 12.4. The third-order valence-corrected chi connectivity index (χ3v) is 3.57. The summed E-state index contributed by atoms with van der Waals surface area (Å²) in [5.74, 6) is 2.61. The Kier molecular flexibility index (Phi) is 6.35. The maximum absolute atomic E-state index is 4.60. The molecule has 0 saturated heterocycles. The van der Waals surface area contributed by atoms with Crippen molar-refractivity contribution < 1.29 is 0 Å². The quantitative estimate of drug-likeness (QED) is 0.758. The van der Waals surface area contributed by atoms with Gasteiger partial charge >= 0.3 is 0 Å². The second-order valence-corrected chi connectivity index (χ2v) is 5.82. The highest BCUT2D eigenvalue weighted by atomic mass is 15.2. The lowest BCUT2D eigenvalue weighted by molar-refractivity contribution is 0.405. The van der Waals surface area contributed by atoms with Gasteiger partial charge in [0.15, 0.2) is 0 Å². The molecule has 0 spiro atoms. The summed E-state index contributed by atoms with van der Waals surface area (Å²) >= 11 is 0. The van der Waals surface area contributed by atoms with Gasteiger partial charge in [0.05, 0.1) is 0 Å². The first-order valence-corrected chi connectivity index (χ1v) is 8.17. The van der Waals surface area contributed by atoms with Crippen LogP contribution in [0.1, 0.15) is 19.2 Å². The van der Waals surface area contributed by atoms with E-state index in [1.54, 1.807) is 0 Å². The lowest BCUT2D eigenvalue weighted by Gasteiger charge is -2.23. The Morgan fingerprint density at radius 2 is 1.83 bits per heavy atom. The predicted molar refractivity (Wildman–Crippen MR) is 97.6 cm³/mol. The molecule has 2 rings (SSSR count). The van der Waals surface area contributed by atoms with Crippen LogP contribution in [0.2, 0.25) is 0 Å². The molecule has 0 bridgehead atoms. The van der Waals surface area contributed by atoms with Gasteiger partial charge in [-0.05, 0) is 53.0 Å². The smallest absolute Gasteiger partial charge is 0.138 e. The van der Waals surface area contributed by atoms with E-state index >= 15 is 0 Å².